The van der Waals surface area contributed by atoms with Crippen LogP contribution in [0.25, 0.3) is 0 Å². The third-order valence-electron chi connectivity index (χ3n) is 3.52. The first-order valence-electron chi connectivity index (χ1n) is 6.26. The van der Waals surface area contributed by atoms with Gasteiger partial charge in [0.2, 0.25) is 0 Å². The second kappa shape index (κ2) is 6.52. The molecular formula is C12H19F2N3S. The molecule has 1 aliphatic carbocycles. The Morgan fingerprint density at radius 3 is 2.78 bits per heavy atom. The number of hydrogen-bond donors (Lipinski definition) is 1. The fourth-order valence-corrected chi connectivity index (χ4v) is 3.14. The summed E-state index contributed by atoms with van der Waals surface area (Å²) in [5.74, 6) is 0.414. The Hall–Kier alpha value is -0.620. The maximum Gasteiger partial charge on any atom is 0.319 e. The quantitative estimate of drug-likeness (QED) is 0.895. The van der Waals surface area contributed by atoms with Gasteiger partial charge < -0.3 is 5.32 Å². The van der Waals surface area contributed by atoms with E-state index in [4.69, 9.17) is 0 Å². The topological polar surface area (TPSA) is 29.9 Å². The van der Waals surface area contributed by atoms with E-state index in [0.717, 1.165) is 22.7 Å². The monoisotopic (exact) mass is 275 g/mol. The third kappa shape index (κ3) is 3.45. The minimum absolute atomic E-state index is 0.414. The molecule has 1 saturated carbocycles. The summed E-state index contributed by atoms with van der Waals surface area (Å²) >= 11 is 1.93. The number of alkyl halides is 2. The Morgan fingerprint density at radius 1 is 1.44 bits per heavy atom. The summed E-state index contributed by atoms with van der Waals surface area (Å²) in [5.41, 5.74) is 0. The second-order valence-electron chi connectivity index (χ2n) is 4.62. The number of thioether (sulfide) groups is 1. The van der Waals surface area contributed by atoms with Gasteiger partial charge in [-0.15, -0.1) is 0 Å². The Kier molecular flexibility index (Phi) is 5.00. The summed E-state index contributed by atoms with van der Waals surface area (Å²) in [4.78, 5) is 3.97. The molecule has 1 N–H and O–H groups in total. The van der Waals surface area contributed by atoms with E-state index >= 15 is 0 Å². The largest absolute Gasteiger partial charge is 0.319 e. The lowest BCUT2D eigenvalue weighted by Gasteiger charge is -2.28. The fourth-order valence-electron chi connectivity index (χ4n) is 2.40. The zero-order valence-electron chi connectivity index (χ0n) is 10.5. The molecule has 1 aromatic heterocycles. The first-order chi connectivity index (χ1) is 8.70. The van der Waals surface area contributed by atoms with Gasteiger partial charge in [0, 0.05) is 23.7 Å². The molecule has 1 heterocycles. The van der Waals surface area contributed by atoms with Crippen LogP contribution >= 0.6 is 11.8 Å². The van der Waals surface area contributed by atoms with Gasteiger partial charge in [0.1, 0.15) is 5.82 Å². The summed E-state index contributed by atoms with van der Waals surface area (Å²) in [5, 5.41) is 4.11. The molecule has 3 nitrogen and oxygen atoms in total. The zero-order chi connectivity index (χ0) is 13.0. The normalized spacial score (nSPS) is 24.7. The van der Waals surface area contributed by atoms with Crippen LogP contribution in [0.5, 0.6) is 0 Å². The number of halogens is 2. The van der Waals surface area contributed by atoms with Crippen molar-refractivity contribution in [3.63, 3.8) is 0 Å². The summed E-state index contributed by atoms with van der Waals surface area (Å²) in [6.45, 7) is -2.08. The van der Waals surface area contributed by atoms with Gasteiger partial charge in [-0.1, -0.05) is 0 Å². The Bertz CT molecular complexity index is 362. The maximum absolute atomic E-state index is 12.6. The number of rotatable bonds is 5. The molecule has 0 aromatic carbocycles. The Balaban J connectivity index is 1.80. The predicted molar refractivity (Wildman–Crippen MR) is 69.9 cm³/mol. The molecule has 0 amide bonds. The highest BCUT2D eigenvalue weighted by Gasteiger charge is 2.20. The lowest BCUT2D eigenvalue weighted by Crippen LogP contribution is -2.34. The van der Waals surface area contributed by atoms with Gasteiger partial charge in [-0.25, -0.2) is 4.98 Å². The number of nitrogens with one attached hydrogen (secondary N) is 1. The van der Waals surface area contributed by atoms with E-state index in [2.05, 4.69) is 16.6 Å². The SMILES string of the molecule is CSC1CCC(NCc2nccn2C(F)F)CC1. The van der Waals surface area contributed by atoms with Crippen LogP contribution in [0.15, 0.2) is 12.4 Å². The van der Waals surface area contributed by atoms with Crippen molar-refractivity contribution in [3.05, 3.63) is 18.2 Å². The average molecular weight is 275 g/mol. The van der Waals surface area contributed by atoms with Crippen molar-refractivity contribution in [3.8, 4) is 0 Å². The van der Waals surface area contributed by atoms with Gasteiger partial charge in [0.05, 0.1) is 6.54 Å². The molecule has 1 fully saturated rings. The predicted octanol–water partition coefficient (Wildman–Crippen LogP) is 3.04. The van der Waals surface area contributed by atoms with Crippen LogP contribution in [0.3, 0.4) is 0 Å². The van der Waals surface area contributed by atoms with Crippen molar-refractivity contribution in [1.82, 2.24) is 14.9 Å². The fraction of sp³-hybridized carbons (Fsp3) is 0.750. The van der Waals surface area contributed by atoms with Crippen LogP contribution in [-0.2, 0) is 6.54 Å². The molecule has 0 saturated heterocycles. The zero-order valence-corrected chi connectivity index (χ0v) is 11.3. The van der Waals surface area contributed by atoms with E-state index < -0.39 is 6.55 Å². The lowest BCUT2D eigenvalue weighted by molar-refractivity contribution is 0.0664. The number of imidazole rings is 1. The van der Waals surface area contributed by atoms with Crippen molar-refractivity contribution < 1.29 is 8.78 Å². The molecule has 1 aliphatic rings. The van der Waals surface area contributed by atoms with Crippen molar-refractivity contribution in [2.75, 3.05) is 6.26 Å². The molecule has 18 heavy (non-hydrogen) atoms. The van der Waals surface area contributed by atoms with E-state index in [1.807, 2.05) is 11.8 Å². The van der Waals surface area contributed by atoms with E-state index in [1.165, 1.54) is 25.2 Å². The third-order valence-corrected chi connectivity index (χ3v) is 4.65. The highest BCUT2D eigenvalue weighted by atomic mass is 32.2. The highest BCUT2D eigenvalue weighted by Crippen LogP contribution is 2.27. The van der Waals surface area contributed by atoms with Crippen molar-refractivity contribution in [2.45, 2.75) is 50.1 Å². The second-order valence-corrected chi connectivity index (χ2v) is 5.76. The minimum atomic E-state index is -2.50. The molecule has 0 radical (unpaired) electrons. The van der Waals surface area contributed by atoms with Crippen molar-refractivity contribution >= 4 is 11.8 Å². The summed E-state index contributed by atoms with van der Waals surface area (Å²) in [7, 11) is 0. The van der Waals surface area contributed by atoms with Gasteiger partial charge in [0.15, 0.2) is 0 Å². The van der Waals surface area contributed by atoms with E-state index in [0.29, 0.717) is 18.4 Å². The number of nitrogens with zero attached hydrogens (tertiary/aromatic N) is 2. The molecule has 0 atom stereocenters. The first kappa shape index (κ1) is 13.8. The van der Waals surface area contributed by atoms with Crippen LogP contribution in [0.2, 0.25) is 0 Å². The minimum Gasteiger partial charge on any atom is -0.307 e. The maximum atomic E-state index is 12.6. The van der Waals surface area contributed by atoms with Crippen molar-refractivity contribution in [2.24, 2.45) is 0 Å². The molecule has 6 heteroatoms. The van der Waals surface area contributed by atoms with Crippen LogP contribution in [0, 0.1) is 0 Å². The first-order valence-corrected chi connectivity index (χ1v) is 7.55. The van der Waals surface area contributed by atoms with Crippen LogP contribution in [0.4, 0.5) is 8.78 Å². The van der Waals surface area contributed by atoms with Gasteiger partial charge in [-0.2, -0.15) is 20.5 Å². The van der Waals surface area contributed by atoms with E-state index in [-0.39, 0.29) is 0 Å². The number of aromatic nitrogens is 2. The molecule has 0 spiro atoms. The standard InChI is InChI=1S/C12H19F2N3S/c1-18-10-4-2-9(3-5-10)16-8-11-15-6-7-17(11)12(13)14/h6-7,9-10,12,16H,2-5,8H2,1H3. The molecule has 0 aliphatic heterocycles. The summed E-state index contributed by atoms with van der Waals surface area (Å²) < 4.78 is 26.1. The molecule has 0 unspecified atom stereocenters. The van der Waals surface area contributed by atoms with Gasteiger partial charge in [-0.3, -0.25) is 4.57 Å². The van der Waals surface area contributed by atoms with E-state index in [9.17, 15) is 8.78 Å². The molecule has 1 aromatic rings. The smallest absolute Gasteiger partial charge is 0.307 e. The summed E-state index contributed by atoms with van der Waals surface area (Å²) in [6.07, 6.45) is 9.57. The molecule has 102 valence electrons. The lowest BCUT2D eigenvalue weighted by atomic mass is 9.95. The van der Waals surface area contributed by atoms with Gasteiger partial charge in [-0.05, 0) is 31.9 Å². The average Bonchev–Trinajstić information content (AvgIpc) is 2.85. The van der Waals surface area contributed by atoms with Gasteiger partial charge >= 0.3 is 6.55 Å². The summed E-state index contributed by atoms with van der Waals surface area (Å²) in [6, 6.07) is 0.441. The molecule has 2 rings (SSSR count). The van der Waals surface area contributed by atoms with Crippen LogP contribution < -0.4 is 5.32 Å². The van der Waals surface area contributed by atoms with Crippen molar-refractivity contribution in [1.29, 1.82) is 0 Å². The molecule has 0 bridgehead atoms. The highest BCUT2D eigenvalue weighted by molar-refractivity contribution is 7.99. The molecular weight excluding hydrogens is 256 g/mol. The van der Waals surface area contributed by atoms with Gasteiger partial charge in [0.25, 0.3) is 0 Å². The Morgan fingerprint density at radius 2 is 2.17 bits per heavy atom. The van der Waals surface area contributed by atoms with Crippen LogP contribution in [0.1, 0.15) is 38.1 Å². The van der Waals surface area contributed by atoms with E-state index in [1.54, 1.807) is 0 Å². The number of hydrogen-bond acceptors (Lipinski definition) is 3. The Labute approximate surface area is 110 Å². The van der Waals surface area contributed by atoms with Crippen LogP contribution in [-0.4, -0.2) is 27.1 Å².